The number of thiol groups is 1. The van der Waals surface area contributed by atoms with Crippen LogP contribution in [0.3, 0.4) is 0 Å². The van der Waals surface area contributed by atoms with E-state index in [-0.39, 0.29) is 0 Å². The van der Waals surface area contributed by atoms with Gasteiger partial charge in [-0.3, -0.25) is 4.79 Å². The van der Waals surface area contributed by atoms with Crippen LogP contribution in [0.25, 0.3) is 0 Å². The second kappa shape index (κ2) is 4.51. The van der Waals surface area contributed by atoms with Gasteiger partial charge in [0.05, 0.1) is 0 Å². The van der Waals surface area contributed by atoms with Crippen LogP contribution in [0.15, 0.2) is 18.2 Å². The summed E-state index contributed by atoms with van der Waals surface area (Å²) in [6.07, 6.45) is 0.478. The van der Waals surface area contributed by atoms with Crippen LogP contribution in [0.1, 0.15) is 16.7 Å². The van der Waals surface area contributed by atoms with Crippen LogP contribution in [0.2, 0.25) is 0 Å². The van der Waals surface area contributed by atoms with Crippen molar-refractivity contribution in [1.82, 2.24) is 0 Å². The SMILES string of the molecule is Cc1cccc(CC(S)C(=O)O)c1C. The van der Waals surface area contributed by atoms with Crippen LogP contribution < -0.4 is 0 Å². The van der Waals surface area contributed by atoms with E-state index in [9.17, 15) is 4.79 Å². The molecule has 0 saturated heterocycles. The molecule has 0 bridgehead atoms. The van der Waals surface area contributed by atoms with Gasteiger partial charge in [-0.1, -0.05) is 18.2 Å². The van der Waals surface area contributed by atoms with E-state index in [4.69, 9.17) is 5.11 Å². The first-order valence-corrected chi connectivity index (χ1v) is 5.00. The Bertz CT molecular complexity index is 347. The van der Waals surface area contributed by atoms with Gasteiger partial charge in [0, 0.05) is 0 Å². The van der Waals surface area contributed by atoms with Crippen LogP contribution in [-0.4, -0.2) is 16.3 Å². The molecule has 3 heteroatoms. The first-order valence-electron chi connectivity index (χ1n) is 4.48. The molecular weight excluding hydrogens is 196 g/mol. The predicted octanol–water partition coefficient (Wildman–Crippen LogP) is 2.23. The number of rotatable bonds is 3. The van der Waals surface area contributed by atoms with E-state index in [1.165, 1.54) is 5.56 Å². The molecule has 0 aromatic heterocycles. The maximum Gasteiger partial charge on any atom is 0.316 e. The minimum atomic E-state index is -0.866. The lowest BCUT2D eigenvalue weighted by Gasteiger charge is -2.10. The van der Waals surface area contributed by atoms with Crippen molar-refractivity contribution in [3.8, 4) is 0 Å². The Kier molecular flexibility index (Phi) is 3.58. The average molecular weight is 210 g/mol. The van der Waals surface area contributed by atoms with Crippen molar-refractivity contribution in [1.29, 1.82) is 0 Å². The van der Waals surface area contributed by atoms with Gasteiger partial charge in [-0.15, -0.1) is 0 Å². The Labute approximate surface area is 89.4 Å². The zero-order valence-electron chi connectivity index (χ0n) is 8.32. The minimum absolute atomic E-state index is 0.478. The fourth-order valence-corrected chi connectivity index (χ4v) is 1.53. The van der Waals surface area contributed by atoms with Gasteiger partial charge < -0.3 is 5.11 Å². The Morgan fingerprint density at radius 2 is 2.14 bits per heavy atom. The highest BCUT2D eigenvalue weighted by atomic mass is 32.1. The Hall–Kier alpha value is -0.960. The van der Waals surface area contributed by atoms with E-state index in [1.807, 2.05) is 32.0 Å². The molecule has 0 fully saturated rings. The number of benzene rings is 1. The first-order chi connectivity index (χ1) is 6.52. The quantitative estimate of drug-likeness (QED) is 0.751. The zero-order valence-corrected chi connectivity index (χ0v) is 9.21. The number of carboxylic acid groups (broad SMARTS) is 1. The van der Waals surface area contributed by atoms with E-state index in [1.54, 1.807) is 0 Å². The van der Waals surface area contributed by atoms with Crippen molar-refractivity contribution in [2.45, 2.75) is 25.5 Å². The van der Waals surface area contributed by atoms with Gasteiger partial charge in [-0.25, -0.2) is 0 Å². The third-order valence-electron chi connectivity index (χ3n) is 2.42. The van der Waals surface area contributed by atoms with Crippen molar-refractivity contribution in [3.63, 3.8) is 0 Å². The standard InChI is InChI=1S/C11H14O2S/c1-7-4-3-5-9(8(7)2)6-10(14)11(12)13/h3-5,10,14H,6H2,1-2H3,(H,12,13). The summed E-state index contributed by atoms with van der Waals surface area (Å²) in [5, 5.41) is 8.11. The van der Waals surface area contributed by atoms with Crippen molar-refractivity contribution in [2.24, 2.45) is 0 Å². The molecule has 1 N–H and O–H groups in total. The molecule has 0 amide bonds. The van der Waals surface area contributed by atoms with E-state index in [0.717, 1.165) is 11.1 Å². The maximum absolute atomic E-state index is 10.6. The molecule has 0 saturated carbocycles. The molecule has 0 heterocycles. The molecule has 0 aliphatic carbocycles. The third kappa shape index (κ3) is 2.51. The van der Waals surface area contributed by atoms with Gasteiger partial charge in [-0.2, -0.15) is 12.6 Å². The minimum Gasteiger partial charge on any atom is -0.480 e. The molecule has 0 aliphatic rings. The molecule has 1 aromatic rings. The molecule has 1 aromatic carbocycles. The van der Waals surface area contributed by atoms with Crippen LogP contribution in [0.4, 0.5) is 0 Å². The average Bonchev–Trinajstić information content (AvgIpc) is 2.12. The summed E-state index contributed by atoms with van der Waals surface area (Å²) in [6, 6.07) is 5.92. The molecule has 0 spiro atoms. The van der Waals surface area contributed by atoms with Gasteiger partial charge >= 0.3 is 5.97 Å². The van der Waals surface area contributed by atoms with Crippen molar-refractivity contribution in [3.05, 3.63) is 34.9 Å². The van der Waals surface area contributed by atoms with E-state index in [0.29, 0.717) is 6.42 Å². The molecule has 76 valence electrons. The van der Waals surface area contributed by atoms with Gasteiger partial charge in [0.1, 0.15) is 5.25 Å². The van der Waals surface area contributed by atoms with Gasteiger partial charge in [-0.05, 0) is 37.0 Å². The fourth-order valence-electron chi connectivity index (χ4n) is 1.33. The molecule has 1 atom stereocenters. The molecule has 14 heavy (non-hydrogen) atoms. The van der Waals surface area contributed by atoms with Crippen molar-refractivity contribution < 1.29 is 9.90 Å². The summed E-state index contributed by atoms with van der Waals surface area (Å²) < 4.78 is 0. The van der Waals surface area contributed by atoms with E-state index in [2.05, 4.69) is 12.6 Å². The topological polar surface area (TPSA) is 37.3 Å². The number of aryl methyl sites for hydroxylation is 1. The molecule has 1 rings (SSSR count). The monoisotopic (exact) mass is 210 g/mol. The maximum atomic E-state index is 10.6. The van der Waals surface area contributed by atoms with Crippen molar-refractivity contribution >= 4 is 18.6 Å². The van der Waals surface area contributed by atoms with Crippen LogP contribution in [0, 0.1) is 13.8 Å². The van der Waals surface area contributed by atoms with Crippen LogP contribution in [-0.2, 0) is 11.2 Å². The Morgan fingerprint density at radius 1 is 1.50 bits per heavy atom. The second-order valence-electron chi connectivity index (χ2n) is 3.42. The highest BCUT2D eigenvalue weighted by Crippen LogP contribution is 2.16. The molecule has 0 aliphatic heterocycles. The van der Waals surface area contributed by atoms with Crippen molar-refractivity contribution in [2.75, 3.05) is 0 Å². The number of hydrogen-bond donors (Lipinski definition) is 2. The zero-order chi connectivity index (χ0) is 10.7. The predicted molar refractivity (Wildman–Crippen MR) is 60.0 cm³/mol. The summed E-state index contributed by atoms with van der Waals surface area (Å²) in [5.74, 6) is -0.866. The lowest BCUT2D eigenvalue weighted by Crippen LogP contribution is -2.16. The van der Waals surface area contributed by atoms with Gasteiger partial charge in [0.15, 0.2) is 0 Å². The van der Waals surface area contributed by atoms with Crippen LogP contribution in [0.5, 0.6) is 0 Å². The summed E-state index contributed by atoms with van der Waals surface area (Å²) in [5.41, 5.74) is 3.41. The molecule has 1 unspecified atom stereocenters. The molecule has 0 radical (unpaired) electrons. The summed E-state index contributed by atoms with van der Waals surface area (Å²) in [7, 11) is 0. The molecular formula is C11H14O2S. The lowest BCUT2D eigenvalue weighted by molar-refractivity contribution is -0.136. The lowest BCUT2D eigenvalue weighted by atomic mass is 10.00. The smallest absolute Gasteiger partial charge is 0.316 e. The van der Waals surface area contributed by atoms with Crippen LogP contribution >= 0.6 is 12.6 Å². The number of carbonyl (C=O) groups is 1. The van der Waals surface area contributed by atoms with Gasteiger partial charge in [0.2, 0.25) is 0 Å². The summed E-state index contributed by atoms with van der Waals surface area (Å²) >= 11 is 4.02. The number of carboxylic acids is 1. The van der Waals surface area contributed by atoms with E-state index < -0.39 is 11.2 Å². The first kappa shape index (κ1) is 11.1. The number of hydrogen-bond acceptors (Lipinski definition) is 2. The Balaban J connectivity index is 2.87. The molecule has 2 nitrogen and oxygen atoms in total. The van der Waals surface area contributed by atoms with E-state index >= 15 is 0 Å². The van der Waals surface area contributed by atoms with Gasteiger partial charge in [0.25, 0.3) is 0 Å². The largest absolute Gasteiger partial charge is 0.480 e. The Morgan fingerprint density at radius 3 is 2.71 bits per heavy atom. The highest BCUT2D eigenvalue weighted by molar-refractivity contribution is 7.81. The fraction of sp³-hybridized carbons (Fsp3) is 0.364. The third-order valence-corrected chi connectivity index (χ3v) is 2.82. The highest BCUT2D eigenvalue weighted by Gasteiger charge is 2.13. The normalized spacial score (nSPS) is 12.5. The second-order valence-corrected chi connectivity index (χ2v) is 4.04. The number of aliphatic carboxylic acids is 1. The summed E-state index contributed by atoms with van der Waals surface area (Å²) in [6.45, 7) is 4.03. The summed E-state index contributed by atoms with van der Waals surface area (Å²) in [4.78, 5) is 10.6.